The quantitative estimate of drug-likeness (QED) is 0.0911. The van der Waals surface area contributed by atoms with Gasteiger partial charge in [0.25, 0.3) is 0 Å². The fourth-order valence-corrected chi connectivity index (χ4v) is 9.39. The van der Waals surface area contributed by atoms with E-state index >= 15 is 0 Å². The molecule has 0 saturated carbocycles. The molecule has 7 aromatic rings. The van der Waals surface area contributed by atoms with E-state index in [-0.39, 0.29) is 0 Å². The standard InChI is InChI=1S/C54H50N4Si2/c1-59(2,3)53-35-31-51(32-36-53)57(49-27-19-45(39-55)20-28-49)47-23-15-43(16-24-47)13-11-41-7-9-42(10-8-41)12-14-44-17-25-48(26-18-44)58(50-29-21-46(40-56)22-30-50)52-33-37-54(38-34-52)60(4,5)6/h7-38H,1-6H3/q-1/b13-11+,14-12+. The van der Waals surface area contributed by atoms with Gasteiger partial charge in [0.2, 0.25) is 0 Å². The van der Waals surface area contributed by atoms with Gasteiger partial charge < -0.3 is 9.80 Å². The van der Waals surface area contributed by atoms with E-state index in [1.165, 1.54) is 10.4 Å². The van der Waals surface area contributed by atoms with Crippen LogP contribution in [0.15, 0.2) is 170 Å². The van der Waals surface area contributed by atoms with Gasteiger partial charge in [-0.25, -0.2) is 0 Å². The Kier molecular flexibility index (Phi) is 12.3. The van der Waals surface area contributed by atoms with Crippen LogP contribution in [0, 0.1) is 22.7 Å². The maximum Gasteiger partial charge on any atom is 0.0991 e. The number of nitriles is 2. The van der Waals surface area contributed by atoms with Crippen molar-refractivity contribution in [2.24, 2.45) is 0 Å². The molecule has 0 atom stereocenters. The first kappa shape index (κ1) is 41.2. The molecule has 0 unspecified atom stereocenters. The van der Waals surface area contributed by atoms with Crippen molar-refractivity contribution in [2.75, 3.05) is 9.80 Å². The minimum absolute atomic E-state index is 0.645. The van der Waals surface area contributed by atoms with E-state index in [2.05, 4.69) is 207 Å². The predicted molar refractivity (Wildman–Crippen MR) is 262 cm³/mol. The first-order chi connectivity index (χ1) is 28.9. The predicted octanol–water partition coefficient (Wildman–Crippen LogP) is 13.8. The Bertz CT molecular complexity index is 2480. The van der Waals surface area contributed by atoms with Crippen molar-refractivity contribution >= 4 is 84.9 Å². The third kappa shape index (κ3) is 10.00. The second kappa shape index (κ2) is 17.9. The van der Waals surface area contributed by atoms with Gasteiger partial charge in [0.1, 0.15) is 0 Å². The van der Waals surface area contributed by atoms with Gasteiger partial charge in [-0.05, 0) is 119 Å². The molecule has 0 N–H and O–H groups in total. The first-order valence-electron chi connectivity index (χ1n) is 20.4. The lowest BCUT2D eigenvalue weighted by Crippen LogP contribution is -2.37. The summed E-state index contributed by atoms with van der Waals surface area (Å²) in [6.45, 7) is 14.2. The molecule has 0 fully saturated rings. The summed E-state index contributed by atoms with van der Waals surface area (Å²) >= 11 is 0. The van der Waals surface area contributed by atoms with Gasteiger partial charge >= 0.3 is 0 Å². The smallest absolute Gasteiger partial charge is 0.0991 e. The Labute approximate surface area is 358 Å². The molecule has 60 heavy (non-hydrogen) atoms. The van der Waals surface area contributed by atoms with Crippen molar-refractivity contribution in [3.05, 3.63) is 203 Å². The molecule has 0 amide bonds. The molecule has 0 bridgehead atoms. The Morgan fingerprint density at radius 2 is 0.633 bits per heavy atom. The van der Waals surface area contributed by atoms with Crippen LogP contribution in [0.25, 0.3) is 24.3 Å². The summed E-state index contributed by atoms with van der Waals surface area (Å²) < 4.78 is 0. The molecule has 0 aliphatic rings. The number of benzene rings is 7. The van der Waals surface area contributed by atoms with Crippen molar-refractivity contribution in [2.45, 2.75) is 39.3 Å². The third-order valence-electron chi connectivity index (χ3n) is 10.7. The second-order valence-electron chi connectivity index (χ2n) is 17.1. The van der Waals surface area contributed by atoms with E-state index in [1.54, 1.807) is 0 Å². The van der Waals surface area contributed by atoms with Crippen molar-refractivity contribution in [3.8, 4) is 12.1 Å². The van der Waals surface area contributed by atoms with Crippen LogP contribution in [-0.4, -0.2) is 16.1 Å². The summed E-state index contributed by atoms with van der Waals surface area (Å²) in [5, 5.41) is 21.6. The van der Waals surface area contributed by atoms with E-state index in [0.717, 1.165) is 56.4 Å². The van der Waals surface area contributed by atoms with Crippen LogP contribution < -0.4 is 20.2 Å². The highest BCUT2D eigenvalue weighted by Crippen LogP contribution is 2.36. The van der Waals surface area contributed by atoms with E-state index in [9.17, 15) is 10.5 Å². The summed E-state index contributed by atoms with van der Waals surface area (Å²) in [5.74, 6) is 0. The van der Waals surface area contributed by atoms with Crippen LogP contribution in [0.2, 0.25) is 39.3 Å². The van der Waals surface area contributed by atoms with E-state index < -0.39 is 16.1 Å². The maximum atomic E-state index is 9.38. The highest BCUT2D eigenvalue weighted by atomic mass is 28.3. The van der Waals surface area contributed by atoms with E-state index in [1.807, 2.05) is 48.5 Å². The maximum absolute atomic E-state index is 9.38. The van der Waals surface area contributed by atoms with Crippen LogP contribution >= 0.6 is 0 Å². The Morgan fingerprint density at radius 3 is 0.900 bits per heavy atom. The van der Waals surface area contributed by atoms with Gasteiger partial charge in [0.15, 0.2) is 0 Å². The van der Waals surface area contributed by atoms with Crippen LogP contribution in [0.5, 0.6) is 0 Å². The summed E-state index contributed by atoms with van der Waals surface area (Å²) in [5.41, 5.74) is 12.1. The Morgan fingerprint density at radius 1 is 0.383 bits per heavy atom. The number of hydrogen-bond donors (Lipinski definition) is 0. The molecule has 295 valence electrons. The number of anilines is 6. The summed E-state index contributed by atoms with van der Waals surface area (Å²) in [7, 11) is -2.86. The highest BCUT2D eigenvalue weighted by Gasteiger charge is 2.18. The fraction of sp³-hybridized carbons (Fsp3) is 0.111. The zero-order chi connectivity index (χ0) is 42.3. The van der Waals surface area contributed by atoms with Gasteiger partial charge in [-0.3, -0.25) is 0 Å². The van der Waals surface area contributed by atoms with Gasteiger partial charge in [-0.15, -0.1) is 8.07 Å². The summed E-state index contributed by atoms with van der Waals surface area (Å²) in [6.07, 6.45) is 8.58. The van der Waals surface area contributed by atoms with Crippen LogP contribution in [0.4, 0.5) is 34.1 Å². The number of nitrogens with zero attached hydrogens (tertiary/aromatic N) is 4. The van der Waals surface area contributed by atoms with Crippen molar-refractivity contribution in [1.29, 1.82) is 10.5 Å². The molecule has 0 heterocycles. The SMILES string of the molecule is C[Si](C)(C)c1ccc(N(c2ccc(C#N)cc2)c2ccc(/C=C/c3ccc(/C=C/c4ccc(N(c5ccc(C#N)cc5)c5ccc([Si-](C)(C)C)cc5)cc4)cc3)cc2)cc1. The summed E-state index contributed by atoms with van der Waals surface area (Å²) in [6, 6.07) is 63.7. The third-order valence-corrected chi connectivity index (χ3v) is 14.8. The van der Waals surface area contributed by atoms with Crippen LogP contribution in [0.3, 0.4) is 0 Å². The van der Waals surface area contributed by atoms with Crippen LogP contribution in [0.1, 0.15) is 33.4 Å². The lowest BCUT2D eigenvalue weighted by molar-refractivity contribution is 1.28. The normalized spacial score (nSPS) is 11.7. The van der Waals surface area contributed by atoms with Crippen LogP contribution in [-0.2, 0) is 0 Å². The monoisotopic (exact) mass is 810 g/mol. The van der Waals surface area contributed by atoms with Crippen molar-refractivity contribution in [3.63, 3.8) is 0 Å². The molecule has 0 aromatic heterocycles. The lowest BCUT2D eigenvalue weighted by atomic mass is 10.1. The van der Waals surface area contributed by atoms with Gasteiger partial charge in [0, 0.05) is 34.1 Å². The highest BCUT2D eigenvalue weighted by molar-refractivity contribution is 6.89. The molecule has 6 heteroatoms. The van der Waals surface area contributed by atoms with Gasteiger partial charge in [0.05, 0.1) is 31.3 Å². The topological polar surface area (TPSA) is 54.1 Å². The fourth-order valence-electron chi connectivity index (χ4n) is 7.06. The molecular formula is C54H50N4Si2-. The average molecular weight is 811 g/mol. The largest absolute Gasteiger partial charge is 0.311 e. The molecule has 4 nitrogen and oxygen atoms in total. The van der Waals surface area contributed by atoms with Crippen molar-refractivity contribution < 1.29 is 0 Å². The minimum atomic E-state index is -1.43. The second-order valence-corrected chi connectivity index (χ2v) is 27.3. The lowest BCUT2D eigenvalue weighted by Gasteiger charge is -2.31. The Hall–Kier alpha value is -6.97. The average Bonchev–Trinajstić information content (AvgIpc) is 3.26. The zero-order valence-corrected chi connectivity index (χ0v) is 37.3. The Balaban J connectivity index is 1.04. The molecule has 7 aromatic carbocycles. The van der Waals surface area contributed by atoms with E-state index in [4.69, 9.17) is 0 Å². The number of rotatable bonds is 12. The van der Waals surface area contributed by atoms with Crippen molar-refractivity contribution in [1.82, 2.24) is 0 Å². The molecule has 0 spiro atoms. The molecule has 0 aliphatic carbocycles. The molecule has 0 saturated heterocycles. The molecular weight excluding hydrogens is 761 g/mol. The first-order valence-corrected chi connectivity index (χ1v) is 27.4. The number of hydrogen-bond acceptors (Lipinski definition) is 4. The molecule has 0 aliphatic heterocycles. The van der Waals surface area contributed by atoms with Gasteiger partial charge in [-0.2, -0.15) is 35.4 Å². The van der Waals surface area contributed by atoms with E-state index in [0.29, 0.717) is 11.1 Å². The molecule has 7 rings (SSSR count). The van der Waals surface area contributed by atoms with Gasteiger partial charge in [-0.1, -0.05) is 122 Å². The molecule has 0 radical (unpaired) electrons. The summed E-state index contributed by atoms with van der Waals surface area (Å²) in [4.78, 5) is 4.48. The minimum Gasteiger partial charge on any atom is -0.311 e. The zero-order valence-electron chi connectivity index (χ0n) is 35.3.